The summed E-state index contributed by atoms with van der Waals surface area (Å²) in [5.74, 6) is 0.237. The van der Waals surface area contributed by atoms with Crippen molar-refractivity contribution >= 4 is 51.8 Å². The first-order valence-electron chi connectivity index (χ1n) is 8.26. The summed E-state index contributed by atoms with van der Waals surface area (Å²) in [5.41, 5.74) is 2.04. The van der Waals surface area contributed by atoms with E-state index in [9.17, 15) is 4.79 Å². The molecule has 0 unspecified atom stereocenters. The summed E-state index contributed by atoms with van der Waals surface area (Å²) in [7, 11) is 0. The van der Waals surface area contributed by atoms with Crippen molar-refractivity contribution in [1.82, 2.24) is 4.98 Å². The van der Waals surface area contributed by atoms with Gasteiger partial charge in [0.15, 0.2) is 5.75 Å². The Balaban J connectivity index is 1.46. The number of hydrogen-bond acceptors (Lipinski definition) is 5. The number of thioether (sulfide) groups is 1. The Kier molecular flexibility index (Phi) is 6.83. The largest absolute Gasteiger partial charge is 0.487 e. The van der Waals surface area contributed by atoms with Gasteiger partial charge in [0, 0.05) is 5.39 Å². The molecule has 4 nitrogen and oxygen atoms in total. The second-order valence-corrected chi connectivity index (χ2v) is 7.51. The van der Waals surface area contributed by atoms with Gasteiger partial charge >= 0.3 is 5.97 Å². The summed E-state index contributed by atoms with van der Waals surface area (Å²) in [6.07, 6.45) is 0. The molecule has 3 aromatic rings. The van der Waals surface area contributed by atoms with E-state index in [2.05, 4.69) is 4.98 Å². The van der Waals surface area contributed by atoms with E-state index in [0.29, 0.717) is 15.8 Å². The van der Waals surface area contributed by atoms with Gasteiger partial charge in [-0.1, -0.05) is 59.2 Å². The Morgan fingerprint density at radius 1 is 1.07 bits per heavy atom. The minimum atomic E-state index is -0.332. The van der Waals surface area contributed by atoms with Gasteiger partial charge in [0.25, 0.3) is 0 Å². The predicted molar refractivity (Wildman–Crippen MR) is 110 cm³/mol. The van der Waals surface area contributed by atoms with Crippen LogP contribution in [0.4, 0.5) is 0 Å². The number of rotatable bonds is 7. The molecule has 27 heavy (non-hydrogen) atoms. The lowest BCUT2D eigenvalue weighted by Crippen LogP contribution is -2.14. The molecule has 3 rings (SSSR count). The van der Waals surface area contributed by atoms with Crippen LogP contribution < -0.4 is 4.74 Å². The van der Waals surface area contributed by atoms with E-state index in [1.165, 1.54) is 11.8 Å². The van der Waals surface area contributed by atoms with Gasteiger partial charge in [0.05, 0.1) is 26.3 Å². The van der Waals surface area contributed by atoms with E-state index < -0.39 is 0 Å². The van der Waals surface area contributed by atoms with Gasteiger partial charge in [-0.05, 0) is 36.8 Å². The average Bonchev–Trinajstić information content (AvgIpc) is 2.65. The molecule has 140 valence electrons. The van der Waals surface area contributed by atoms with Crippen LogP contribution in [-0.4, -0.2) is 29.9 Å². The number of benzene rings is 2. The highest BCUT2D eigenvalue weighted by atomic mass is 35.5. The summed E-state index contributed by atoms with van der Waals surface area (Å²) in [4.78, 5) is 16.5. The van der Waals surface area contributed by atoms with Crippen LogP contribution in [0.5, 0.6) is 5.75 Å². The molecule has 1 aromatic heterocycles. The zero-order valence-corrected chi connectivity index (χ0v) is 16.9. The van der Waals surface area contributed by atoms with Gasteiger partial charge in [-0.3, -0.25) is 4.79 Å². The zero-order chi connectivity index (χ0) is 19.2. The second-order valence-electron chi connectivity index (χ2n) is 5.70. The highest BCUT2D eigenvalue weighted by Gasteiger charge is 2.09. The first-order valence-corrected chi connectivity index (χ1v) is 10.0. The Labute approximate surface area is 171 Å². The van der Waals surface area contributed by atoms with E-state index in [4.69, 9.17) is 32.7 Å². The Morgan fingerprint density at radius 3 is 2.59 bits per heavy atom. The number of nitrogens with zero attached hydrogens (tertiary/aromatic N) is 1. The Hall–Kier alpha value is -1.95. The zero-order valence-electron chi connectivity index (χ0n) is 14.6. The highest BCUT2D eigenvalue weighted by Crippen LogP contribution is 2.32. The number of aryl methyl sites for hydroxylation is 1. The standard InChI is InChI=1S/C20H17Cl2NO3S/c1-13-11-18(23-17-8-3-2-5-14(13)17)27-12-19(24)25-9-10-26-20-15(21)6-4-7-16(20)22/h2-8,11H,9-10,12H2,1H3. The molecule has 0 atom stereocenters. The van der Waals surface area contributed by atoms with Gasteiger partial charge in [-0.15, -0.1) is 0 Å². The van der Waals surface area contributed by atoms with Gasteiger partial charge in [0.2, 0.25) is 0 Å². The molecule has 0 aliphatic rings. The third kappa shape index (κ3) is 5.28. The molecular formula is C20H17Cl2NO3S. The Bertz CT molecular complexity index is 945. The summed E-state index contributed by atoms with van der Waals surface area (Å²) in [5, 5.41) is 2.74. The molecule has 1 heterocycles. The quantitative estimate of drug-likeness (QED) is 0.283. The lowest BCUT2D eigenvalue weighted by Gasteiger charge is -2.10. The molecule has 0 saturated heterocycles. The van der Waals surface area contributed by atoms with Crippen molar-refractivity contribution in [1.29, 1.82) is 0 Å². The summed E-state index contributed by atoms with van der Waals surface area (Å²) in [6.45, 7) is 2.32. The van der Waals surface area contributed by atoms with Gasteiger partial charge in [-0.2, -0.15) is 0 Å². The van der Waals surface area contributed by atoms with Crippen molar-refractivity contribution in [3.8, 4) is 5.75 Å². The maximum absolute atomic E-state index is 11.9. The molecule has 0 aliphatic heterocycles. The van der Waals surface area contributed by atoms with Gasteiger partial charge in [0.1, 0.15) is 13.2 Å². The number of fused-ring (bicyclic) bond motifs is 1. The van der Waals surface area contributed by atoms with E-state index in [1.807, 2.05) is 37.3 Å². The molecule has 0 radical (unpaired) electrons. The number of carbonyl (C=O) groups is 1. The van der Waals surface area contributed by atoms with Crippen molar-refractivity contribution in [3.05, 3.63) is 64.1 Å². The van der Waals surface area contributed by atoms with E-state index >= 15 is 0 Å². The topological polar surface area (TPSA) is 48.4 Å². The van der Waals surface area contributed by atoms with Gasteiger partial charge in [-0.25, -0.2) is 4.98 Å². The van der Waals surface area contributed by atoms with Crippen LogP contribution in [0.15, 0.2) is 53.6 Å². The minimum absolute atomic E-state index is 0.116. The molecular weight excluding hydrogens is 405 g/mol. The summed E-state index contributed by atoms with van der Waals surface area (Å²) < 4.78 is 10.7. The van der Waals surface area contributed by atoms with Crippen LogP contribution in [0.1, 0.15) is 5.56 Å². The number of halogens is 2. The molecule has 0 aliphatic carbocycles. The van der Waals surface area contributed by atoms with Crippen LogP contribution >= 0.6 is 35.0 Å². The molecule has 2 aromatic carbocycles. The number of hydrogen-bond donors (Lipinski definition) is 0. The van der Waals surface area contributed by atoms with Crippen molar-refractivity contribution in [2.45, 2.75) is 11.9 Å². The van der Waals surface area contributed by atoms with Crippen molar-refractivity contribution in [2.24, 2.45) is 0 Å². The normalized spacial score (nSPS) is 10.8. The first-order chi connectivity index (χ1) is 13.0. The Morgan fingerprint density at radius 2 is 1.81 bits per heavy atom. The minimum Gasteiger partial charge on any atom is -0.487 e. The van der Waals surface area contributed by atoms with Crippen molar-refractivity contribution < 1.29 is 14.3 Å². The third-order valence-electron chi connectivity index (χ3n) is 3.75. The van der Waals surface area contributed by atoms with Crippen LogP contribution in [0.3, 0.4) is 0 Å². The first kappa shape index (κ1) is 19.8. The summed E-state index contributed by atoms with van der Waals surface area (Å²) in [6, 6.07) is 15.0. The lowest BCUT2D eigenvalue weighted by atomic mass is 10.1. The molecule has 0 saturated carbocycles. The van der Waals surface area contributed by atoms with Crippen LogP contribution in [-0.2, 0) is 9.53 Å². The number of pyridine rings is 1. The summed E-state index contributed by atoms with van der Waals surface area (Å²) >= 11 is 13.4. The molecule has 0 N–H and O–H groups in total. The molecule has 7 heteroatoms. The van der Waals surface area contributed by atoms with Gasteiger partial charge < -0.3 is 9.47 Å². The fourth-order valence-corrected chi connectivity index (χ4v) is 3.77. The number of ether oxygens (including phenoxy) is 2. The number of esters is 1. The molecule has 0 amide bonds. The molecule has 0 spiro atoms. The fourth-order valence-electron chi connectivity index (χ4n) is 2.49. The SMILES string of the molecule is Cc1cc(SCC(=O)OCCOc2c(Cl)cccc2Cl)nc2ccccc12. The maximum atomic E-state index is 11.9. The van der Waals surface area contributed by atoms with Crippen LogP contribution in [0, 0.1) is 6.92 Å². The number of carbonyl (C=O) groups excluding carboxylic acids is 1. The highest BCUT2D eigenvalue weighted by molar-refractivity contribution is 7.99. The molecule has 0 bridgehead atoms. The average molecular weight is 422 g/mol. The van der Waals surface area contributed by atoms with E-state index in [0.717, 1.165) is 21.5 Å². The van der Waals surface area contributed by atoms with Crippen molar-refractivity contribution in [3.63, 3.8) is 0 Å². The third-order valence-corrected chi connectivity index (χ3v) is 5.23. The second kappa shape index (κ2) is 9.31. The van der Waals surface area contributed by atoms with E-state index in [1.54, 1.807) is 18.2 Å². The van der Waals surface area contributed by atoms with Crippen LogP contribution in [0.25, 0.3) is 10.9 Å². The lowest BCUT2D eigenvalue weighted by molar-refractivity contribution is -0.141. The number of para-hydroxylation sites is 2. The van der Waals surface area contributed by atoms with Crippen LogP contribution in [0.2, 0.25) is 10.0 Å². The predicted octanol–water partition coefficient (Wildman–Crippen LogP) is 5.56. The smallest absolute Gasteiger partial charge is 0.316 e. The monoisotopic (exact) mass is 421 g/mol. The van der Waals surface area contributed by atoms with Crippen molar-refractivity contribution in [2.75, 3.05) is 19.0 Å². The van der Waals surface area contributed by atoms with E-state index in [-0.39, 0.29) is 24.9 Å². The fraction of sp³-hybridized carbons (Fsp3) is 0.200. The molecule has 0 fully saturated rings. The maximum Gasteiger partial charge on any atom is 0.316 e. The number of aromatic nitrogens is 1.